The van der Waals surface area contributed by atoms with Gasteiger partial charge in [0, 0.05) is 16.9 Å². The molecule has 0 bridgehead atoms. The smallest absolute Gasteiger partial charge is 0.171 e. The van der Waals surface area contributed by atoms with Gasteiger partial charge < -0.3 is 5.32 Å². The van der Waals surface area contributed by atoms with E-state index in [0.717, 1.165) is 4.47 Å². The van der Waals surface area contributed by atoms with Crippen LogP contribution >= 0.6 is 27.5 Å². The van der Waals surface area contributed by atoms with E-state index in [0.29, 0.717) is 11.5 Å². The van der Waals surface area contributed by atoms with Crippen molar-refractivity contribution in [2.45, 2.75) is 0 Å². The number of rotatable bonds is 2. The van der Waals surface area contributed by atoms with Gasteiger partial charge >= 0.3 is 0 Å². The van der Waals surface area contributed by atoms with E-state index >= 15 is 0 Å². The molecule has 2 rings (SSSR count). The van der Waals surface area contributed by atoms with E-state index in [1.807, 2.05) is 0 Å². The summed E-state index contributed by atoms with van der Waals surface area (Å²) in [5.41, 5.74) is 0.544. The van der Waals surface area contributed by atoms with Gasteiger partial charge in [-0.1, -0.05) is 11.6 Å². The van der Waals surface area contributed by atoms with Gasteiger partial charge in [-0.15, -0.1) is 0 Å². The van der Waals surface area contributed by atoms with Crippen LogP contribution in [0.15, 0.2) is 35.1 Å². The van der Waals surface area contributed by atoms with E-state index in [2.05, 4.69) is 31.2 Å². The van der Waals surface area contributed by atoms with Gasteiger partial charge in [0.2, 0.25) is 0 Å². The van der Waals surface area contributed by atoms with Crippen LogP contribution < -0.4 is 5.32 Å². The van der Waals surface area contributed by atoms with Crippen molar-refractivity contribution < 1.29 is 4.39 Å². The molecule has 1 N–H and O–H groups in total. The first-order chi connectivity index (χ1) is 7.66. The summed E-state index contributed by atoms with van der Waals surface area (Å²) in [5.74, 6) is 0.0428. The number of nitrogens with one attached hydrogen (secondary N) is 1. The van der Waals surface area contributed by atoms with E-state index in [4.69, 9.17) is 11.6 Å². The molecule has 0 radical (unpaired) electrons. The summed E-state index contributed by atoms with van der Waals surface area (Å²) in [7, 11) is 0. The zero-order valence-corrected chi connectivity index (χ0v) is 10.3. The second-order valence-corrected chi connectivity index (χ2v) is 4.16. The summed E-state index contributed by atoms with van der Waals surface area (Å²) in [6.45, 7) is 0. The van der Waals surface area contributed by atoms with Crippen molar-refractivity contribution >= 4 is 39.0 Å². The van der Waals surface area contributed by atoms with Crippen molar-refractivity contribution in [1.29, 1.82) is 0 Å². The zero-order valence-electron chi connectivity index (χ0n) is 7.92. The molecule has 3 nitrogen and oxygen atoms in total. The second kappa shape index (κ2) is 4.76. The second-order valence-electron chi connectivity index (χ2n) is 2.94. The quantitative estimate of drug-likeness (QED) is 0.917. The standard InChI is InChI=1S/C10H6BrClFN3/c11-7-2-1-6(13)5-8(7)16-10-9(12)14-3-4-15-10/h1-5H,(H,15,16). The van der Waals surface area contributed by atoms with Crippen LogP contribution in [-0.2, 0) is 0 Å². The molecule has 6 heteroatoms. The van der Waals surface area contributed by atoms with Crippen LogP contribution in [0.4, 0.5) is 15.9 Å². The minimum Gasteiger partial charge on any atom is -0.337 e. The van der Waals surface area contributed by atoms with Gasteiger partial charge in [0.1, 0.15) is 5.82 Å². The van der Waals surface area contributed by atoms with Gasteiger partial charge in [0.25, 0.3) is 0 Å². The molecule has 82 valence electrons. The lowest BCUT2D eigenvalue weighted by Crippen LogP contribution is -1.96. The van der Waals surface area contributed by atoms with Crippen LogP contribution in [0.25, 0.3) is 0 Å². The third kappa shape index (κ3) is 2.48. The lowest BCUT2D eigenvalue weighted by atomic mass is 10.3. The fraction of sp³-hybridized carbons (Fsp3) is 0. The highest BCUT2D eigenvalue weighted by molar-refractivity contribution is 9.10. The van der Waals surface area contributed by atoms with Crippen LogP contribution in [0.3, 0.4) is 0 Å². The molecule has 2 aromatic rings. The Morgan fingerprint density at radius 2 is 2.00 bits per heavy atom. The molecular weight excluding hydrogens is 296 g/mol. The highest BCUT2D eigenvalue weighted by Gasteiger charge is 2.06. The Morgan fingerprint density at radius 1 is 1.25 bits per heavy atom. The highest BCUT2D eigenvalue weighted by Crippen LogP contribution is 2.27. The third-order valence-corrected chi connectivity index (χ3v) is 2.80. The van der Waals surface area contributed by atoms with E-state index < -0.39 is 0 Å². The van der Waals surface area contributed by atoms with E-state index in [1.165, 1.54) is 24.5 Å². The summed E-state index contributed by atoms with van der Waals surface area (Å²) < 4.78 is 13.7. The van der Waals surface area contributed by atoms with E-state index in [-0.39, 0.29) is 11.0 Å². The molecule has 0 amide bonds. The van der Waals surface area contributed by atoms with Crippen LogP contribution in [0.1, 0.15) is 0 Å². The number of hydrogen-bond acceptors (Lipinski definition) is 3. The molecule has 0 spiro atoms. The molecule has 1 aromatic carbocycles. The molecule has 0 aliphatic heterocycles. The first-order valence-corrected chi connectivity index (χ1v) is 5.52. The van der Waals surface area contributed by atoms with Crippen LogP contribution in [0.5, 0.6) is 0 Å². The number of aromatic nitrogens is 2. The van der Waals surface area contributed by atoms with Crippen molar-refractivity contribution in [2.75, 3.05) is 5.32 Å². The van der Waals surface area contributed by atoms with Crippen molar-refractivity contribution in [3.8, 4) is 0 Å². The van der Waals surface area contributed by atoms with Crippen molar-refractivity contribution in [3.05, 3.63) is 46.0 Å². The number of halogens is 3. The SMILES string of the molecule is Fc1ccc(Br)c(Nc2nccnc2Cl)c1. The first-order valence-electron chi connectivity index (χ1n) is 4.35. The molecular formula is C10H6BrClFN3. The van der Waals surface area contributed by atoms with Crippen molar-refractivity contribution in [1.82, 2.24) is 9.97 Å². The molecule has 1 heterocycles. The average Bonchev–Trinajstić information content (AvgIpc) is 2.27. The van der Waals surface area contributed by atoms with Crippen LogP contribution in [0.2, 0.25) is 5.15 Å². The fourth-order valence-corrected chi connectivity index (χ4v) is 1.62. The van der Waals surface area contributed by atoms with E-state index in [1.54, 1.807) is 6.07 Å². The summed E-state index contributed by atoms with van der Waals surface area (Å²) >= 11 is 9.11. The predicted octanol–water partition coefficient (Wildman–Crippen LogP) is 3.78. The van der Waals surface area contributed by atoms with Gasteiger partial charge in [-0.3, -0.25) is 0 Å². The van der Waals surface area contributed by atoms with Gasteiger partial charge in [0.15, 0.2) is 11.0 Å². The Labute approximate surface area is 105 Å². The molecule has 0 atom stereocenters. The van der Waals surface area contributed by atoms with Crippen molar-refractivity contribution in [3.63, 3.8) is 0 Å². The lowest BCUT2D eigenvalue weighted by Gasteiger charge is -2.08. The maximum atomic E-state index is 13.0. The molecule has 1 aromatic heterocycles. The Hall–Kier alpha value is -1.20. The maximum Gasteiger partial charge on any atom is 0.171 e. The Bertz CT molecular complexity index is 521. The number of nitrogens with zero attached hydrogens (tertiary/aromatic N) is 2. The molecule has 0 aliphatic carbocycles. The minimum atomic E-state index is -0.342. The van der Waals surface area contributed by atoms with Gasteiger partial charge in [-0.25, -0.2) is 14.4 Å². The number of hydrogen-bond donors (Lipinski definition) is 1. The lowest BCUT2D eigenvalue weighted by molar-refractivity contribution is 0.628. The minimum absolute atomic E-state index is 0.235. The molecule has 0 unspecified atom stereocenters. The summed E-state index contributed by atoms with van der Waals surface area (Å²) in [6, 6.07) is 4.30. The number of anilines is 2. The normalized spacial score (nSPS) is 10.2. The monoisotopic (exact) mass is 301 g/mol. The van der Waals surface area contributed by atoms with Crippen LogP contribution in [-0.4, -0.2) is 9.97 Å². The first kappa shape index (κ1) is 11.3. The Morgan fingerprint density at radius 3 is 2.75 bits per heavy atom. The molecule has 0 aliphatic rings. The molecule has 0 fully saturated rings. The Balaban J connectivity index is 2.34. The van der Waals surface area contributed by atoms with Gasteiger partial charge in [-0.05, 0) is 34.1 Å². The zero-order chi connectivity index (χ0) is 11.5. The van der Waals surface area contributed by atoms with E-state index in [9.17, 15) is 4.39 Å². The van der Waals surface area contributed by atoms with Gasteiger partial charge in [-0.2, -0.15) is 0 Å². The van der Waals surface area contributed by atoms with Crippen molar-refractivity contribution in [2.24, 2.45) is 0 Å². The van der Waals surface area contributed by atoms with Gasteiger partial charge in [0.05, 0.1) is 5.69 Å². The third-order valence-electron chi connectivity index (χ3n) is 1.84. The van der Waals surface area contributed by atoms with Crippen LogP contribution in [0, 0.1) is 5.82 Å². The average molecular weight is 303 g/mol. The topological polar surface area (TPSA) is 37.8 Å². The maximum absolute atomic E-state index is 13.0. The largest absolute Gasteiger partial charge is 0.337 e. The number of benzene rings is 1. The predicted molar refractivity (Wildman–Crippen MR) is 64.4 cm³/mol. The molecule has 0 saturated carbocycles. The highest BCUT2D eigenvalue weighted by atomic mass is 79.9. The fourth-order valence-electron chi connectivity index (χ4n) is 1.13. The molecule has 16 heavy (non-hydrogen) atoms. The Kier molecular flexibility index (Phi) is 3.36. The summed E-state index contributed by atoms with van der Waals surface area (Å²) in [5, 5.41) is 3.12. The molecule has 0 saturated heterocycles. The summed E-state index contributed by atoms with van der Waals surface area (Å²) in [6.07, 6.45) is 2.98. The summed E-state index contributed by atoms with van der Waals surface area (Å²) in [4.78, 5) is 7.85.